The van der Waals surface area contributed by atoms with Crippen molar-refractivity contribution in [2.45, 2.75) is 37.5 Å². The number of methoxy groups -OCH3 is 3. The summed E-state index contributed by atoms with van der Waals surface area (Å²) in [5, 5.41) is 0. The molecule has 1 aromatic rings. The zero-order chi connectivity index (χ0) is 17.8. The largest absolute Gasteiger partial charge is 0.493 e. The van der Waals surface area contributed by atoms with Crippen LogP contribution in [0.5, 0.6) is 11.5 Å². The second-order valence-corrected chi connectivity index (χ2v) is 11.5. The van der Waals surface area contributed by atoms with E-state index in [2.05, 4.69) is 4.74 Å². The van der Waals surface area contributed by atoms with Gasteiger partial charge in [0.2, 0.25) is 5.55 Å². The van der Waals surface area contributed by atoms with Crippen molar-refractivity contribution in [1.82, 2.24) is 0 Å². The van der Waals surface area contributed by atoms with Gasteiger partial charge in [0, 0.05) is 0 Å². The molecule has 0 saturated heterocycles. The molecule has 0 saturated carbocycles. The molecule has 23 heavy (non-hydrogen) atoms. The van der Waals surface area contributed by atoms with Crippen LogP contribution in [0.1, 0.15) is 17.9 Å². The van der Waals surface area contributed by atoms with Crippen molar-refractivity contribution >= 4 is 14.0 Å². The Morgan fingerprint density at radius 2 is 1.70 bits per heavy atom. The second kappa shape index (κ2) is 7.29. The maximum atomic E-state index is 15.0. The van der Waals surface area contributed by atoms with Gasteiger partial charge >= 0.3 is 5.97 Å². The fraction of sp³-hybridized carbons (Fsp3) is 0.562. The Bertz CT molecular complexity index is 556. The molecule has 0 heterocycles. The molecule has 0 aliphatic rings. The van der Waals surface area contributed by atoms with Crippen LogP contribution in [0, 0.1) is 0 Å². The SMILES string of the molecule is COC(=O)CC(c1ccc(OC)c(OC)c1)C(F)(F)[Si](C)(C)C. The maximum absolute atomic E-state index is 15.0. The van der Waals surface area contributed by atoms with Gasteiger partial charge in [-0.25, -0.2) is 8.78 Å². The van der Waals surface area contributed by atoms with Crippen molar-refractivity contribution in [2.75, 3.05) is 21.3 Å². The molecule has 0 aliphatic heterocycles. The highest BCUT2D eigenvalue weighted by Gasteiger charge is 2.52. The zero-order valence-corrected chi connectivity index (χ0v) is 15.4. The fourth-order valence-electron chi connectivity index (χ4n) is 2.30. The van der Waals surface area contributed by atoms with Gasteiger partial charge in [-0.05, 0) is 17.7 Å². The molecule has 130 valence electrons. The number of ether oxygens (including phenoxy) is 3. The van der Waals surface area contributed by atoms with Crippen molar-refractivity contribution in [3.63, 3.8) is 0 Å². The van der Waals surface area contributed by atoms with Crippen molar-refractivity contribution < 1.29 is 27.8 Å². The number of rotatable bonds is 7. The van der Waals surface area contributed by atoms with Crippen LogP contribution in [0.15, 0.2) is 18.2 Å². The van der Waals surface area contributed by atoms with Gasteiger partial charge in [-0.3, -0.25) is 4.79 Å². The lowest BCUT2D eigenvalue weighted by molar-refractivity contribution is -0.142. The predicted molar refractivity (Wildman–Crippen MR) is 87.2 cm³/mol. The van der Waals surface area contributed by atoms with Crippen molar-refractivity contribution in [2.24, 2.45) is 0 Å². The summed E-state index contributed by atoms with van der Waals surface area (Å²) in [7, 11) is 1.23. The van der Waals surface area contributed by atoms with Gasteiger partial charge in [0.25, 0.3) is 0 Å². The molecule has 4 nitrogen and oxygen atoms in total. The van der Waals surface area contributed by atoms with Crippen LogP contribution < -0.4 is 9.47 Å². The van der Waals surface area contributed by atoms with E-state index < -0.39 is 25.5 Å². The first-order valence-electron chi connectivity index (χ1n) is 7.25. The van der Waals surface area contributed by atoms with E-state index in [1.54, 1.807) is 31.8 Å². The smallest absolute Gasteiger partial charge is 0.306 e. The number of carbonyl (C=O) groups is 1. The van der Waals surface area contributed by atoms with Crippen LogP contribution in [0.4, 0.5) is 8.78 Å². The molecular weight excluding hydrogens is 322 g/mol. The van der Waals surface area contributed by atoms with Crippen LogP contribution in [0.3, 0.4) is 0 Å². The van der Waals surface area contributed by atoms with Gasteiger partial charge in [0.1, 0.15) is 8.07 Å². The van der Waals surface area contributed by atoms with E-state index in [0.29, 0.717) is 17.1 Å². The molecular formula is C16H24F2O4Si. The minimum Gasteiger partial charge on any atom is -0.493 e. The predicted octanol–water partition coefficient (Wildman–Crippen LogP) is 3.86. The van der Waals surface area contributed by atoms with E-state index in [-0.39, 0.29) is 6.42 Å². The first-order valence-corrected chi connectivity index (χ1v) is 10.7. The van der Waals surface area contributed by atoms with Crippen molar-refractivity contribution in [1.29, 1.82) is 0 Å². The Hall–Kier alpha value is -1.63. The molecule has 1 rings (SSSR count). The summed E-state index contributed by atoms with van der Waals surface area (Å²) in [6.45, 7) is 4.74. The minimum absolute atomic E-state index is 0.334. The lowest BCUT2D eigenvalue weighted by Gasteiger charge is -2.35. The summed E-state index contributed by atoms with van der Waals surface area (Å²) < 4.78 is 44.9. The minimum atomic E-state index is -2.99. The standard InChI is InChI=1S/C16H24F2O4Si/c1-20-13-8-7-11(9-14(13)21-2)12(10-15(19)22-3)16(17,18)23(4,5)6/h7-9,12H,10H2,1-6H3. The summed E-state index contributed by atoms with van der Waals surface area (Å²) in [5.74, 6) is -1.13. The summed E-state index contributed by atoms with van der Waals surface area (Å²) in [6.07, 6.45) is -0.386. The molecule has 1 unspecified atom stereocenters. The van der Waals surface area contributed by atoms with Crippen molar-refractivity contribution in [3.8, 4) is 11.5 Å². The molecule has 0 spiro atoms. The number of esters is 1. The Morgan fingerprint density at radius 1 is 1.13 bits per heavy atom. The van der Waals surface area contributed by atoms with Gasteiger partial charge < -0.3 is 14.2 Å². The Balaban J connectivity index is 3.38. The number of alkyl halides is 2. The number of benzene rings is 1. The molecule has 7 heteroatoms. The summed E-state index contributed by atoms with van der Waals surface area (Å²) in [4.78, 5) is 11.7. The molecule has 0 aromatic heterocycles. The molecule has 0 bridgehead atoms. The molecule has 0 N–H and O–H groups in total. The van der Waals surface area contributed by atoms with Gasteiger partial charge in [0.05, 0.1) is 33.7 Å². The molecule has 0 fully saturated rings. The quantitative estimate of drug-likeness (QED) is 0.555. The highest BCUT2D eigenvalue weighted by molar-refractivity contribution is 6.78. The van der Waals surface area contributed by atoms with Crippen LogP contribution in [-0.2, 0) is 9.53 Å². The van der Waals surface area contributed by atoms with Gasteiger partial charge in [-0.15, -0.1) is 0 Å². The van der Waals surface area contributed by atoms with E-state index >= 15 is 0 Å². The Morgan fingerprint density at radius 3 is 2.13 bits per heavy atom. The van der Waals surface area contributed by atoms with E-state index in [1.165, 1.54) is 27.4 Å². The fourth-order valence-corrected chi connectivity index (χ4v) is 3.61. The van der Waals surface area contributed by atoms with Gasteiger partial charge in [0.15, 0.2) is 11.5 Å². The monoisotopic (exact) mass is 346 g/mol. The lowest BCUT2D eigenvalue weighted by atomic mass is 9.95. The van der Waals surface area contributed by atoms with Crippen LogP contribution in [0.25, 0.3) is 0 Å². The van der Waals surface area contributed by atoms with E-state index in [1.807, 2.05) is 0 Å². The van der Waals surface area contributed by atoms with Gasteiger partial charge in [-0.1, -0.05) is 25.7 Å². The Kier molecular flexibility index (Phi) is 6.15. The number of carbonyl (C=O) groups excluding carboxylic acids is 1. The molecule has 0 amide bonds. The molecule has 0 aliphatic carbocycles. The first-order chi connectivity index (χ1) is 10.6. The number of hydrogen-bond donors (Lipinski definition) is 0. The molecule has 1 aromatic carbocycles. The van der Waals surface area contributed by atoms with Crippen LogP contribution in [0.2, 0.25) is 19.6 Å². The summed E-state index contributed by atoms with van der Waals surface area (Å²) in [6, 6.07) is 4.61. The normalized spacial score (nSPS) is 13.4. The second-order valence-electron chi connectivity index (χ2n) is 6.32. The third-order valence-electron chi connectivity index (χ3n) is 3.85. The highest BCUT2D eigenvalue weighted by atomic mass is 28.3. The summed E-state index contributed by atoms with van der Waals surface area (Å²) >= 11 is 0. The van der Waals surface area contributed by atoms with Crippen LogP contribution >= 0.6 is 0 Å². The first kappa shape index (κ1) is 19.4. The topological polar surface area (TPSA) is 44.8 Å². The average Bonchev–Trinajstić information content (AvgIpc) is 2.50. The van der Waals surface area contributed by atoms with Gasteiger partial charge in [-0.2, -0.15) is 0 Å². The Labute approximate surface area is 136 Å². The van der Waals surface area contributed by atoms with Crippen molar-refractivity contribution in [3.05, 3.63) is 23.8 Å². The van der Waals surface area contributed by atoms with E-state index in [4.69, 9.17) is 9.47 Å². The number of hydrogen-bond acceptors (Lipinski definition) is 4. The number of halogens is 2. The molecule has 1 atom stereocenters. The van der Waals surface area contributed by atoms with Crippen LogP contribution in [-0.4, -0.2) is 40.9 Å². The third-order valence-corrected chi connectivity index (χ3v) is 6.19. The molecule has 0 radical (unpaired) electrons. The average molecular weight is 346 g/mol. The third kappa shape index (κ3) is 4.22. The zero-order valence-electron chi connectivity index (χ0n) is 14.4. The lowest BCUT2D eigenvalue weighted by Crippen LogP contribution is -2.50. The van der Waals surface area contributed by atoms with E-state index in [9.17, 15) is 13.6 Å². The summed E-state index contributed by atoms with van der Waals surface area (Å²) in [5.41, 5.74) is -2.65. The van der Waals surface area contributed by atoms with E-state index in [0.717, 1.165) is 0 Å². The maximum Gasteiger partial charge on any atom is 0.306 e. The highest BCUT2D eigenvalue weighted by Crippen LogP contribution is 2.44.